The maximum atomic E-state index is 11.3. The van der Waals surface area contributed by atoms with Crippen LogP contribution in [0, 0.1) is 5.92 Å². The Morgan fingerprint density at radius 3 is 2.64 bits per heavy atom. The van der Waals surface area contributed by atoms with Crippen molar-refractivity contribution in [1.29, 1.82) is 0 Å². The van der Waals surface area contributed by atoms with Gasteiger partial charge in [0.1, 0.15) is 5.60 Å². The maximum Gasteiger partial charge on any atom is 0.168 e. The summed E-state index contributed by atoms with van der Waals surface area (Å²) >= 11 is 0. The number of carbonyl (C=O) groups excluding carboxylic acids is 1. The van der Waals surface area contributed by atoms with E-state index in [1.807, 2.05) is 13.8 Å². The molecule has 0 spiro atoms. The van der Waals surface area contributed by atoms with E-state index in [4.69, 9.17) is 5.73 Å². The van der Waals surface area contributed by atoms with Crippen LogP contribution in [0.3, 0.4) is 0 Å². The van der Waals surface area contributed by atoms with Gasteiger partial charge < -0.3 is 10.8 Å². The number of carbonyl (C=O) groups is 1. The standard InChI is InChI=1S/C8H15NO2/c1-3-5(2)7(10)8(11)4-6(8)9/h5-6,11H,3-4,9H2,1-2H3. The number of aliphatic hydroxyl groups is 1. The highest BCUT2D eigenvalue weighted by Crippen LogP contribution is 2.37. The zero-order valence-corrected chi connectivity index (χ0v) is 7.00. The lowest BCUT2D eigenvalue weighted by molar-refractivity contribution is -0.133. The fourth-order valence-corrected chi connectivity index (χ4v) is 1.17. The normalized spacial score (nSPS) is 38.4. The Morgan fingerprint density at radius 2 is 2.36 bits per heavy atom. The van der Waals surface area contributed by atoms with E-state index in [1.54, 1.807) is 0 Å². The van der Waals surface area contributed by atoms with Gasteiger partial charge in [0.05, 0.1) is 0 Å². The van der Waals surface area contributed by atoms with Crippen LogP contribution in [-0.4, -0.2) is 22.5 Å². The summed E-state index contributed by atoms with van der Waals surface area (Å²) in [6.07, 6.45) is 1.21. The summed E-state index contributed by atoms with van der Waals surface area (Å²) in [7, 11) is 0. The summed E-state index contributed by atoms with van der Waals surface area (Å²) in [5, 5.41) is 9.49. The van der Waals surface area contributed by atoms with Gasteiger partial charge in [0.25, 0.3) is 0 Å². The molecule has 1 saturated carbocycles. The molecule has 0 heterocycles. The Balaban J connectivity index is 2.56. The lowest BCUT2D eigenvalue weighted by atomic mass is 9.97. The number of Topliss-reactive ketones (excluding diaryl/α,β-unsaturated/α-hetero) is 1. The van der Waals surface area contributed by atoms with Gasteiger partial charge in [-0.1, -0.05) is 13.8 Å². The molecule has 1 aliphatic carbocycles. The summed E-state index contributed by atoms with van der Waals surface area (Å²) in [6.45, 7) is 3.76. The molecule has 3 nitrogen and oxygen atoms in total. The van der Waals surface area contributed by atoms with Crippen molar-refractivity contribution in [2.75, 3.05) is 0 Å². The molecule has 64 valence electrons. The van der Waals surface area contributed by atoms with E-state index in [0.717, 1.165) is 6.42 Å². The Hall–Kier alpha value is -0.410. The average molecular weight is 157 g/mol. The second-order valence-electron chi connectivity index (χ2n) is 3.41. The van der Waals surface area contributed by atoms with Crippen molar-refractivity contribution < 1.29 is 9.90 Å². The third-order valence-electron chi connectivity index (χ3n) is 2.47. The fourth-order valence-electron chi connectivity index (χ4n) is 1.17. The second-order valence-corrected chi connectivity index (χ2v) is 3.41. The van der Waals surface area contributed by atoms with Crippen molar-refractivity contribution in [3.63, 3.8) is 0 Å². The number of ketones is 1. The predicted molar refractivity (Wildman–Crippen MR) is 42.0 cm³/mol. The molecule has 0 bridgehead atoms. The van der Waals surface area contributed by atoms with Crippen molar-refractivity contribution >= 4 is 5.78 Å². The fraction of sp³-hybridized carbons (Fsp3) is 0.875. The first-order valence-electron chi connectivity index (χ1n) is 4.04. The van der Waals surface area contributed by atoms with Crippen LogP contribution >= 0.6 is 0 Å². The zero-order valence-electron chi connectivity index (χ0n) is 7.00. The van der Waals surface area contributed by atoms with E-state index in [2.05, 4.69) is 0 Å². The van der Waals surface area contributed by atoms with Gasteiger partial charge in [0.2, 0.25) is 0 Å². The largest absolute Gasteiger partial charge is 0.380 e. The zero-order chi connectivity index (χ0) is 8.65. The molecule has 1 rings (SSSR count). The Kier molecular flexibility index (Phi) is 2.03. The van der Waals surface area contributed by atoms with E-state index >= 15 is 0 Å². The smallest absolute Gasteiger partial charge is 0.168 e. The number of hydrogen-bond acceptors (Lipinski definition) is 3. The highest BCUT2D eigenvalue weighted by molar-refractivity contribution is 5.93. The van der Waals surface area contributed by atoms with E-state index < -0.39 is 5.60 Å². The molecule has 3 heteroatoms. The molecule has 11 heavy (non-hydrogen) atoms. The quantitative estimate of drug-likeness (QED) is 0.609. The van der Waals surface area contributed by atoms with Gasteiger partial charge in [0, 0.05) is 18.4 Å². The molecule has 3 atom stereocenters. The maximum absolute atomic E-state index is 11.3. The first kappa shape index (κ1) is 8.68. The van der Waals surface area contributed by atoms with Crippen LogP contribution in [0.5, 0.6) is 0 Å². The first-order valence-corrected chi connectivity index (χ1v) is 4.04. The van der Waals surface area contributed by atoms with Crippen LogP contribution in [0.15, 0.2) is 0 Å². The summed E-state index contributed by atoms with van der Waals surface area (Å²) in [5.74, 6) is -0.152. The molecule has 0 saturated heterocycles. The molecule has 3 unspecified atom stereocenters. The van der Waals surface area contributed by atoms with Gasteiger partial charge in [-0.2, -0.15) is 0 Å². The SMILES string of the molecule is CCC(C)C(=O)C1(O)CC1N. The molecule has 0 radical (unpaired) electrons. The lowest BCUT2D eigenvalue weighted by Gasteiger charge is -2.12. The topological polar surface area (TPSA) is 63.3 Å². The minimum atomic E-state index is -1.17. The Bertz CT molecular complexity index is 181. The van der Waals surface area contributed by atoms with E-state index in [9.17, 15) is 9.90 Å². The van der Waals surface area contributed by atoms with E-state index in [-0.39, 0.29) is 17.7 Å². The van der Waals surface area contributed by atoms with Gasteiger partial charge in [0.15, 0.2) is 5.78 Å². The number of rotatable bonds is 3. The minimum absolute atomic E-state index is 0.0615. The van der Waals surface area contributed by atoms with Gasteiger partial charge in [-0.05, 0) is 6.42 Å². The van der Waals surface area contributed by atoms with Crippen molar-refractivity contribution in [1.82, 2.24) is 0 Å². The van der Waals surface area contributed by atoms with Crippen LogP contribution in [0.2, 0.25) is 0 Å². The monoisotopic (exact) mass is 157 g/mol. The Labute approximate surface area is 66.6 Å². The van der Waals surface area contributed by atoms with Crippen LogP contribution < -0.4 is 5.73 Å². The van der Waals surface area contributed by atoms with Gasteiger partial charge >= 0.3 is 0 Å². The van der Waals surface area contributed by atoms with Crippen LogP contribution in [0.1, 0.15) is 26.7 Å². The molecule has 1 aliphatic rings. The molecule has 3 N–H and O–H groups in total. The number of hydrogen-bond donors (Lipinski definition) is 2. The minimum Gasteiger partial charge on any atom is -0.380 e. The van der Waals surface area contributed by atoms with Gasteiger partial charge in [-0.3, -0.25) is 4.79 Å². The third-order valence-corrected chi connectivity index (χ3v) is 2.47. The highest BCUT2D eigenvalue weighted by Gasteiger charge is 2.57. The van der Waals surface area contributed by atoms with E-state index in [1.165, 1.54) is 0 Å². The predicted octanol–water partition coefficient (Wildman–Crippen LogP) is 0.0637. The second kappa shape index (κ2) is 2.57. The summed E-state index contributed by atoms with van der Waals surface area (Å²) in [4.78, 5) is 11.3. The average Bonchev–Trinajstić information content (AvgIpc) is 2.58. The highest BCUT2D eigenvalue weighted by atomic mass is 16.3. The first-order chi connectivity index (χ1) is 5.02. The Morgan fingerprint density at radius 1 is 1.91 bits per heavy atom. The van der Waals surface area contributed by atoms with Gasteiger partial charge in [-0.25, -0.2) is 0 Å². The summed E-state index contributed by atoms with van der Waals surface area (Å²) in [6, 6.07) is -0.316. The van der Waals surface area contributed by atoms with Gasteiger partial charge in [-0.15, -0.1) is 0 Å². The van der Waals surface area contributed by atoms with Crippen molar-refractivity contribution in [2.45, 2.75) is 38.3 Å². The van der Waals surface area contributed by atoms with Crippen molar-refractivity contribution in [2.24, 2.45) is 11.7 Å². The molecule has 0 aromatic heterocycles. The van der Waals surface area contributed by atoms with Crippen LogP contribution in [0.4, 0.5) is 0 Å². The number of nitrogens with two attached hydrogens (primary N) is 1. The summed E-state index contributed by atoms with van der Waals surface area (Å²) in [5.41, 5.74) is 4.25. The van der Waals surface area contributed by atoms with Crippen molar-refractivity contribution in [3.05, 3.63) is 0 Å². The summed E-state index contributed by atoms with van der Waals surface area (Å²) < 4.78 is 0. The van der Waals surface area contributed by atoms with Crippen LogP contribution in [0.25, 0.3) is 0 Å². The molecule has 1 fully saturated rings. The molecular weight excluding hydrogens is 142 g/mol. The third kappa shape index (κ3) is 1.30. The molecular formula is C8H15NO2. The van der Waals surface area contributed by atoms with Crippen molar-refractivity contribution in [3.8, 4) is 0 Å². The molecule has 0 aromatic rings. The lowest BCUT2D eigenvalue weighted by Crippen LogP contribution is -2.34. The molecule has 0 aliphatic heterocycles. The molecule has 0 amide bonds. The van der Waals surface area contributed by atoms with E-state index in [0.29, 0.717) is 6.42 Å². The van der Waals surface area contributed by atoms with Crippen LogP contribution in [-0.2, 0) is 4.79 Å². The molecule has 0 aromatic carbocycles.